The Morgan fingerprint density at radius 2 is 1.87 bits per heavy atom. The molecule has 0 aromatic heterocycles. The van der Waals surface area contributed by atoms with E-state index in [9.17, 15) is 9.59 Å². The monoisotopic (exact) mass is 318 g/mol. The van der Waals surface area contributed by atoms with Gasteiger partial charge in [0.1, 0.15) is 5.75 Å². The van der Waals surface area contributed by atoms with Crippen molar-refractivity contribution in [3.8, 4) is 5.75 Å². The van der Waals surface area contributed by atoms with Crippen LogP contribution in [0.25, 0.3) is 0 Å². The van der Waals surface area contributed by atoms with Crippen LogP contribution in [0.2, 0.25) is 0 Å². The van der Waals surface area contributed by atoms with Gasteiger partial charge in [-0.3, -0.25) is 9.59 Å². The van der Waals surface area contributed by atoms with E-state index >= 15 is 0 Å². The molecule has 0 aliphatic carbocycles. The molecule has 1 aromatic rings. The maximum absolute atomic E-state index is 12.3. The molecule has 5 nitrogen and oxygen atoms in total. The summed E-state index contributed by atoms with van der Waals surface area (Å²) < 4.78 is 5.13. The minimum atomic E-state index is 0.0561. The summed E-state index contributed by atoms with van der Waals surface area (Å²) in [6.45, 7) is 3.96. The lowest BCUT2D eigenvalue weighted by Crippen LogP contribution is -2.43. The van der Waals surface area contributed by atoms with Crippen molar-refractivity contribution in [3.05, 3.63) is 29.8 Å². The molecule has 0 bridgehead atoms. The number of amides is 2. The van der Waals surface area contributed by atoms with Gasteiger partial charge in [0.25, 0.3) is 0 Å². The van der Waals surface area contributed by atoms with Gasteiger partial charge in [0.15, 0.2) is 0 Å². The molecule has 5 heteroatoms. The first kappa shape index (κ1) is 17.3. The number of piperidine rings is 1. The Labute approximate surface area is 138 Å². The average molecular weight is 318 g/mol. The van der Waals surface area contributed by atoms with Crippen LogP contribution in [0, 0.1) is 5.92 Å². The minimum Gasteiger partial charge on any atom is -0.497 e. The van der Waals surface area contributed by atoms with E-state index in [-0.39, 0.29) is 17.7 Å². The Morgan fingerprint density at radius 3 is 2.43 bits per heavy atom. The van der Waals surface area contributed by atoms with Crippen molar-refractivity contribution in [1.82, 2.24) is 10.2 Å². The highest BCUT2D eigenvalue weighted by atomic mass is 16.5. The second-order valence-electron chi connectivity index (χ2n) is 5.90. The number of hydrogen-bond donors (Lipinski definition) is 1. The Hall–Kier alpha value is -2.04. The van der Waals surface area contributed by atoms with Crippen molar-refractivity contribution in [3.63, 3.8) is 0 Å². The normalized spacial score (nSPS) is 15.3. The predicted octanol–water partition coefficient (Wildman–Crippen LogP) is 2.00. The van der Waals surface area contributed by atoms with Crippen molar-refractivity contribution < 1.29 is 14.3 Å². The van der Waals surface area contributed by atoms with Crippen LogP contribution in [-0.4, -0.2) is 43.5 Å². The van der Waals surface area contributed by atoms with Gasteiger partial charge in [-0.15, -0.1) is 0 Å². The summed E-state index contributed by atoms with van der Waals surface area (Å²) in [5, 5.41) is 2.86. The summed E-state index contributed by atoms with van der Waals surface area (Å²) in [6.07, 6.45) is 2.78. The van der Waals surface area contributed by atoms with Crippen molar-refractivity contribution in [2.45, 2.75) is 32.6 Å². The lowest BCUT2D eigenvalue weighted by atomic mass is 9.95. The number of nitrogens with one attached hydrogen (secondary N) is 1. The number of nitrogens with zero attached hydrogens (tertiary/aromatic N) is 1. The predicted molar refractivity (Wildman–Crippen MR) is 89.3 cm³/mol. The Bertz CT molecular complexity index is 520. The van der Waals surface area contributed by atoms with Gasteiger partial charge in [0, 0.05) is 32.0 Å². The highest BCUT2D eigenvalue weighted by molar-refractivity contribution is 5.80. The maximum atomic E-state index is 12.3. The topological polar surface area (TPSA) is 58.6 Å². The molecule has 0 radical (unpaired) electrons. The summed E-state index contributed by atoms with van der Waals surface area (Å²) in [6, 6.07) is 7.82. The van der Waals surface area contributed by atoms with Gasteiger partial charge in [0.2, 0.25) is 11.8 Å². The molecule has 0 atom stereocenters. The summed E-state index contributed by atoms with van der Waals surface area (Å²) >= 11 is 0. The minimum absolute atomic E-state index is 0.0561. The van der Waals surface area contributed by atoms with Crippen LogP contribution in [0.4, 0.5) is 0 Å². The standard InChI is InChI=1S/C18H26N2O3/c1-3-19-18(22)15-10-12-20(13-11-15)17(21)9-6-14-4-7-16(23-2)8-5-14/h4-5,7-8,15H,3,6,9-13H2,1-2H3,(H,19,22). The first-order chi connectivity index (χ1) is 11.1. The zero-order valence-electron chi connectivity index (χ0n) is 14.0. The van der Waals surface area contributed by atoms with Crippen molar-refractivity contribution >= 4 is 11.8 Å². The van der Waals surface area contributed by atoms with Crippen LogP contribution < -0.4 is 10.1 Å². The van der Waals surface area contributed by atoms with E-state index in [2.05, 4.69) is 5.32 Å². The largest absolute Gasteiger partial charge is 0.497 e. The molecule has 1 saturated heterocycles. The summed E-state index contributed by atoms with van der Waals surface area (Å²) in [7, 11) is 1.64. The van der Waals surface area contributed by atoms with Crippen LogP contribution in [0.5, 0.6) is 5.75 Å². The smallest absolute Gasteiger partial charge is 0.223 e. The highest BCUT2D eigenvalue weighted by Gasteiger charge is 2.26. The quantitative estimate of drug-likeness (QED) is 0.873. The van der Waals surface area contributed by atoms with E-state index in [0.717, 1.165) is 30.6 Å². The van der Waals surface area contributed by atoms with Crippen LogP contribution in [0.3, 0.4) is 0 Å². The number of hydrogen-bond acceptors (Lipinski definition) is 3. The molecule has 1 aliphatic rings. The molecule has 126 valence electrons. The highest BCUT2D eigenvalue weighted by Crippen LogP contribution is 2.19. The van der Waals surface area contributed by atoms with Gasteiger partial charge in [-0.05, 0) is 43.9 Å². The number of aryl methyl sites for hydroxylation is 1. The Kier molecular flexibility index (Phi) is 6.44. The summed E-state index contributed by atoms with van der Waals surface area (Å²) in [5.74, 6) is 1.18. The molecule has 1 heterocycles. The lowest BCUT2D eigenvalue weighted by molar-refractivity contribution is -0.135. The third kappa shape index (κ3) is 4.98. The number of methoxy groups -OCH3 is 1. The molecular formula is C18H26N2O3. The second-order valence-corrected chi connectivity index (χ2v) is 5.90. The summed E-state index contributed by atoms with van der Waals surface area (Å²) in [4.78, 5) is 26.0. The van der Waals surface area contributed by atoms with Gasteiger partial charge in [-0.1, -0.05) is 12.1 Å². The first-order valence-corrected chi connectivity index (χ1v) is 8.32. The second kappa shape index (κ2) is 8.56. The Morgan fingerprint density at radius 1 is 1.22 bits per heavy atom. The molecule has 2 rings (SSSR count). The van der Waals surface area contributed by atoms with E-state index in [1.165, 1.54) is 0 Å². The van der Waals surface area contributed by atoms with E-state index < -0.39 is 0 Å². The van der Waals surface area contributed by atoms with E-state index in [4.69, 9.17) is 4.74 Å². The van der Waals surface area contributed by atoms with Gasteiger partial charge >= 0.3 is 0 Å². The fourth-order valence-electron chi connectivity index (χ4n) is 2.91. The molecule has 0 saturated carbocycles. The summed E-state index contributed by atoms with van der Waals surface area (Å²) in [5.41, 5.74) is 1.14. The maximum Gasteiger partial charge on any atom is 0.223 e. The van der Waals surface area contributed by atoms with Crippen LogP contribution in [0.1, 0.15) is 31.7 Å². The van der Waals surface area contributed by atoms with Crippen LogP contribution in [0.15, 0.2) is 24.3 Å². The first-order valence-electron chi connectivity index (χ1n) is 8.32. The molecule has 0 unspecified atom stereocenters. The van der Waals surface area contributed by atoms with Gasteiger partial charge < -0.3 is 15.0 Å². The number of rotatable bonds is 6. The van der Waals surface area contributed by atoms with E-state index in [1.54, 1.807) is 7.11 Å². The van der Waals surface area contributed by atoms with Gasteiger partial charge in [0.05, 0.1) is 7.11 Å². The fourth-order valence-corrected chi connectivity index (χ4v) is 2.91. The van der Waals surface area contributed by atoms with Crippen molar-refractivity contribution in [2.24, 2.45) is 5.92 Å². The molecule has 0 spiro atoms. The van der Waals surface area contributed by atoms with Crippen molar-refractivity contribution in [2.75, 3.05) is 26.7 Å². The van der Waals surface area contributed by atoms with Gasteiger partial charge in [-0.2, -0.15) is 0 Å². The molecule has 1 aromatic carbocycles. The van der Waals surface area contributed by atoms with E-state index in [0.29, 0.717) is 26.1 Å². The number of benzene rings is 1. The third-order valence-electron chi connectivity index (χ3n) is 4.36. The average Bonchev–Trinajstić information content (AvgIpc) is 2.60. The number of likely N-dealkylation sites (tertiary alicyclic amines) is 1. The lowest BCUT2D eigenvalue weighted by Gasteiger charge is -2.31. The molecule has 2 amide bonds. The molecule has 1 fully saturated rings. The fraction of sp³-hybridized carbons (Fsp3) is 0.556. The molecule has 1 N–H and O–H groups in total. The van der Waals surface area contributed by atoms with Crippen molar-refractivity contribution in [1.29, 1.82) is 0 Å². The number of carbonyl (C=O) groups excluding carboxylic acids is 2. The number of ether oxygens (including phenoxy) is 1. The van der Waals surface area contributed by atoms with Crippen LogP contribution >= 0.6 is 0 Å². The van der Waals surface area contributed by atoms with Crippen LogP contribution in [-0.2, 0) is 16.0 Å². The van der Waals surface area contributed by atoms with E-state index in [1.807, 2.05) is 36.1 Å². The van der Waals surface area contributed by atoms with Gasteiger partial charge in [-0.25, -0.2) is 0 Å². The molecule has 1 aliphatic heterocycles. The third-order valence-corrected chi connectivity index (χ3v) is 4.36. The zero-order chi connectivity index (χ0) is 16.7. The molecular weight excluding hydrogens is 292 g/mol. The SMILES string of the molecule is CCNC(=O)C1CCN(C(=O)CCc2ccc(OC)cc2)CC1. The number of carbonyl (C=O) groups is 2. The molecule has 23 heavy (non-hydrogen) atoms. The Balaban J connectivity index is 1.75. The zero-order valence-corrected chi connectivity index (χ0v) is 14.0.